The summed E-state index contributed by atoms with van der Waals surface area (Å²) < 4.78 is 92.1. The summed E-state index contributed by atoms with van der Waals surface area (Å²) in [7, 11) is 2.99. The Morgan fingerprint density at radius 2 is 1.57 bits per heavy atom. The van der Waals surface area contributed by atoms with Gasteiger partial charge in [-0.05, 0) is 66.1 Å². The van der Waals surface area contributed by atoms with Crippen LogP contribution < -0.4 is 15.8 Å². The topological polar surface area (TPSA) is 101 Å². The molecule has 15 heteroatoms. The maximum absolute atomic E-state index is 14.3. The van der Waals surface area contributed by atoms with Gasteiger partial charge in [-0.15, -0.1) is 0 Å². The van der Waals surface area contributed by atoms with Crippen molar-refractivity contribution in [2.24, 2.45) is 7.05 Å². The summed E-state index contributed by atoms with van der Waals surface area (Å²) >= 11 is 0. The predicted molar refractivity (Wildman–Crippen MR) is 188 cm³/mol. The fourth-order valence-corrected chi connectivity index (χ4v) is 6.23. The number of halogens is 7. The van der Waals surface area contributed by atoms with Gasteiger partial charge in [-0.25, -0.2) is 4.39 Å². The van der Waals surface area contributed by atoms with Crippen LogP contribution in [0, 0.1) is 12.7 Å². The van der Waals surface area contributed by atoms with Crippen LogP contribution in [-0.2, 0) is 29.2 Å². The lowest BCUT2D eigenvalue weighted by atomic mass is 9.90. The summed E-state index contributed by atoms with van der Waals surface area (Å²) in [4.78, 5) is 37.5. The average Bonchev–Trinajstić information content (AvgIpc) is 3.11. The predicted octanol–water partition coefficient (Wildman–Crippen LogP) is 7.55. The molecule has 1 unspecified atom stereocenters. The van der Waals surface area contributed by atoms with Crippen molar-refractivity contribution in [2.75, 3.05) is 38.3 Å². The van der Waals surface area contributed by atoms with E-state index in [1.165, 1.54) is 49.0 Å². The Labute approximate surface area is 299 Å². The number of pyridine rings is 1. The molecular formula is C38H36F7N3O5. The summed E-state index contributed by atoms with van der Waals surface area (Å²) in [6.45, 7) is 0.932. The van der Waals surface area contributed by atoms with Crippen molar-refractivity contribution in [3.05, 3.63) is 111 Å². The van der Waals surface area contributed by atoms with E-state index in [-0.39, 0.29) is 28.5 Å². The van der Waals surface area contributed by atoms with E-state index in [1.54, 1.807) is 43.3 Å². The van der Waals surface area contributed by atoms with Crippen LogP contribution in [0.1, 0.15) is 27.0 Å². The normalized spacial score (nSPS) is 13.6. The molecule has 0 radical (unpaired) electrons. The number of likely N-dealkylation sites (N-methyl/N-ethyl adjacent to an activating group) is 1. The molecule has 0 aliphatic carbocycles. The number of benzene rings is 4. The van der Waals surface area contributed by atoms with E-state index < -0.39 is 47.4 Å². The first-order chi connectivity index (χ1) is 25.1. The zero-order valence-electron chi connectivity index (χ0n) is 28.8. The van der Waals surface area contributed by atoms with Crippen molar-refractivity contribution >= 4 is 39.6 Å². The first kappa shape index (κ1) is 40.5. The molecule has 0 saturated carbocycles. The van der Waals surface area contributed by atoms with Crippen LogP contribution in [0.2, 0.25) is 0 Å². The van der Waals surface area contributed by atoms with Crippen molar-refractivity contribution in [1.82, 2.24) is 9.88 Å². The third kappa shape index (κ3) is 9.40. The van der Waals surface area contributed by atoms with Gasteiger partial charge in [0.1, 0.15) is 11.9 Å². The molecule has 1 aliphatic heterocycles. The van der Waals surface area contributed by atoms with Crippen LogP contribution in [0.25, 0.3) is 32.8 Å². The number of hydrogen-bond acceptors (Lipinski definition) is 6. The monoisotopic (exact) mass is 747 g/mol. The minimum Gasteiger partial charge on any atom is -0.480 e. The van der Waals surface area contributed by atoms with E-state index in [9.17, 15) is 50.2 Å². The SMILES string of the molecule is CNC(Cc1cccc2c(-c3c(C(F)(F)F)c4ccccc4n(C)c3=O)cccc12)C(=O)O.Cc1cc(N2CCOCC2)cc(F)c1C=O.FC(F)F. The van der Waals surface area contributed by atoms with Crippen molar-refractivity contribution in [3.63, 3.8) is 0 Å². The zero-order chi connectivity index (χ0) is 39.0. The Bertz CT molecular complexity index is 2120. The van der Waals surface area contributed by atoms with E-state index in [4.69, 9.17) is 4.74 Å². The summed E-state index contributed by atoms with van der Waals surface area (Å²) in [6, 6.07) is 18.2. The number of carbonyl (C=O) groups excluding carboxylic acids is 1. The van der Waals surface area contributed by atoms with Gasteiger partial charge in [0.2, 0.25) is 0 Å². The van der Waals surface area contributed by atoms with E-state index in [0.717, 1.165) is 18.8 Å². The Hall–Kier alpha value is -5.28. The van der Waals surface area contributed by atoms with E-state index >= 15 is 0 Å². The van der Waals surface area contributed by atoms with E-state index in [0.29, 0.717) is 41.4 Å². The van der Waals surface area contributed by atoms with Crippen molar-refractivity contribution < 1.29 is 50.2 Å². The molecule has 53 heavy (non-hydrogen) atoms. The molecule has 0 bridgehead atoms. The summed E-state index contributed by atoms with van der Waals surface area (Å²) in [5.41, 5.74) is 0.506. The number of carboxylic acid groups (broad SMARTS) is 1. The summed E-state index contributed by atoms with van der Waals surface area (Å²) in [5.74, 6) is -1.48. The van der Waals surface area contributed by atoms with Gasteiger partial charge < -0.3 is 24.6 Å². The number of carboxylic acids is 1. The highest BCUT2D eigenvalue weighted by Crippen LogP contribution is 2.42. The number of nitrogens with zero attached hydrogens (tertiary/aromatic N) is 2. The second kappa shape index (κ2) is 17.5. The van der Waals surface area contributed by atoms with Gasteiger partial charge in [0.25, 0.3) is 5.56 Å². The molecule has 1 aliphatic rings. The number of aldehydes is 1. The molecule has 0 spiro atoms. The van der Waals surface area contributed by atoms with E-state index in [1.807, 2.05) is 6.07 Å². The molecular weight excluding hydrogens is 711 g/mol. The number of morpholine rings is 1. The molecule has 1 aromatic heterocycles. The zero-order valence-corrected chi connectivity index (χ0v) is 28.8. The van der Waals surface area contributed by atoms with Crippen molar-refractivity contribution in [3.8, 4) is 11.1 Å². The number of carbonyl (C=O) groups is 2. The number of aromatic nitrogens is 1. The minimum absolute atomic E-state index is 0.0589. The number of rotatable bonds is 7. The molecule has 8 nitrogen and oxygen atoms in total. The molecule has 4 aromatic carbocycles. The maximum Gasteiger partial charge on any atom is 0.417 e. The first-order valence-corrected chi connectivity index (χ1v) is 16.2. The van der Waals surface area contributed by atoms with Gasteiger partial charge in [-0.1, -0.05) is 54.6 Å². The number of hydrogen-bond donors (Lipinski definition) is 2. The largest absolute Gasteiger partial charge is 0.480 e. The number of para-hydroxylation sites is 1. The third-order valence-corrected chi connectivity index (χ3v) is 8.75. The smallest absolute Gasteiger partial charge is 0.417 e. The maximum atomic E-state index is 14.3. The highest BCUT2D eigenvalue weighted by Gasteiger charge is 2.38. The number of alkyl halides is 6. The van der Waals surface area contributed by atoms with Gasteiger partial charge >= 0.3 is 18.8 Å². The Morgan fingerprint density at radius 1 is 0.962 bits per heavy atom. The van der Waals surface area contributed by atoms with Gasteiger partial charge in [-0.3, -0.25) is 14.4 Å². The van der Waals surface area contributed by atoms with Crippen LogP contribution >= 0.6 is 0 Å². The van der Waals surface area contributed by atoms with Crippen LogP contribution in [0.3, 0.4) is 0 Å². The average molecular weight is 748 g/mol. The minimum atomic E-state index is -4.76. The Morgan fingerprint density at radius 3 is 2.15 bits per heavy atom. The number of fused-ring (bicyclic) bond motifs is 2. The molecule has 1 fully saturated rings. The number of aliphatic carboxylic acids is 1. The lowest BCUT2D eigenvalue weighted by molar-refractivity contribution is -0.139. The lowest BCUT2D eigenvalue weighted by Gasteiger charge is -2.29. The number of ether oxygens (including phenoxy) is 1. The van der Waals surface area contributed by atoms with Crippen molar-refractivity contribution in [1.29, 1.82) is 0 Å². The van der Waals surface area contributed by atoms with Gasteiger partial charge in [-0.2, -0.15) is 26.3 Å². The fraction of sp³-hybridized carbons (Fsp3) is 0.289. The number of nitrogens with one attached hydrogen (secondary N) is 1. The quantitative estimate of drug-likeness (QED) is 0.131. The molecule has 2 N–H and O–H groups in total. The molecule has 2 heterocycles. The Balaban J connectivity index is 0.000000260. The summed E-state index contributed by atoms with van der Waals surface area (Å²) in [6.07, 6.45) is -4.06. The second-order valence-corrected chi connectivity index (χ2v) is 12.0. The van der Waals surface area contributed by atoms with Crippen molar-refractivity contribution in [2.45, 2.75) is 32.2 Å². The van der Waals surface area contributed by atoms with Crippen LogP contribution in [0.5, 0.6) is 0 Å². The Kier molecular flexibility index (Phi) is 13.4. The number of anilines is 1. The van der Waals surface area contributed by atoms with Crippen LogP contribution in [0.15, 0.2) is 77.6 Å². The molecule has 1 saturated heterocycles. The standard InChI is InChI=1S/C25H21F3N2O3.C12H14FNO2.CHF3/c1-29-19(24(32)33)13-14-7-5-10-16-15(14)9-6-11-17(16)21-22(25(26,27)28)18-8-3-4-12-20(18)30(2)23(21)31;1-9-6-10(7-12(13)11(9)8-15)14-2-4-16-5-3-14;2-1(3)4/h3-12,19,29H,13H2,1-2H3,(H,32,33);6-8H,2-5H2,1H3;1H. The first-order valence-electron chi connectivity index (χ1n) is 16.2. The van der Waals surface area contributed by atoms with Crippen LogP contribution in [-0.4, -0.2) is 68.0 Å². The third-order valence-electron chi connectivity index (χ3n) is 8.75. The highest BCUT2D eigenvalue weighted by molar-refractivity contribution is 6.01. The molecule has 1 atom stereocenters. The molecule has 0 amide bonds. The molecule has 5 aromatic rings. The van der Waals surface area contributed by atoms with Gasteiger partial charge in [0.15, 0.2) is 6.29 Å². The molecule has 282 valence electrons. The van der Waals surface area contributed by atoms with E-state index in [2.05, 4.69) is 10.2 Å². The summed E-state index contributed by atoms with van der Waals surface area (Å²) in [5, 5.41) is 13.1. The van der Waals surface area contributed by atoms with Gasteiger partial charge in [0.05, 0.1) is 35.4 Å². The number of aryl methyl sites for hydroxylation is 2. The highest BCUT2D eigenvalue weighted by atomic mass is 19.4. The fourth-order valence-electron chi connectivity index (χ4n) is 6.23. The second-order valence-electron chi connectivity index (χ2n) is 12.0. The van der Waals surface area contributed by atoms with Crippen LogP contribution in [0.4, 0.5) is 36.4 Å². The lowest BCUT2D eigenvalue weighted by Crippen LogP contribution is -2.36. The van der Waals surface area contributed by atoms with Gasteiger partial charge in [0, 0.05) is 31.2 Å². The molecule has 6 rings (SSSR count).